The molecular weight excluding hydrogens is 223 g/mol. The van der Waals surface area contributed by atoms with Gasteiger partial charge in [0.25, 0.3) is 0 Å². The Morgan fingerprint density at radius 1 is 1.27 bits per heavy atom. The number of hydrogen-bond donors (Lipinski definition) is 0. The molecule has 0 saturated heterocycles. The van der Waals surface area contributed by atoms with Crippen molar-refractivity contribution in [3.63, 3.8) is 0 Å². The van der Waals surface area contributed by atoms with Crippen LogP contribution in [0.15, 0.2) is 12.7 Å². The van der Waals surface area contributed by atoms with Gasteiger partial charge in [-0.2, -0.15) is 22.0 Å². The Morgan fingerprint density at radius 2 is 1.80 bits per heavy atom. The molecule has 0 bridgehead atoms. The van der Waals surface area contributed by atoms with Gasteiger partial charge in [0.2, 0.25) is 0 Å². The number of carbonyl (C=O) groups excluding carboxylic acids is 1. The van der Waals surface area contributed by atoms with E-state index in [0.717, 1.165) is 6.08 Å². The number of carbonyl (C=O) groups is 1. The Bertz CT molecular complexity index is 234. The van der Waals surface area contributed by atoms with Crippen LogP contribution in [0.4, 0.5) is 22.0 Å². The van der Waals surface area contributed by atoms with Crippen LogP contribution in [-0.2, 0) is 9.53 Å². The maximum atomic E-state index is 12.3. The van der Waals surface area contributed by atoms with E-state index in [1.165, 1.54) is 0 Å². The summed E-state index contributed by atoms with van der Waals surface area (Å²) in [6, 6.07) is 0. The van der Waals surface area contributed by atoms with E-state index in [0.29, 0.717) is 0 Å². The lowest BCUT2D eigenvalue weighted by molar-refractivity contribution is -0.284. The van der Waals surface area contributed by atoms with Crippen LogP contribution in [-0.4, -0.2) is 24.7 Å². The second-order valence-corrected chi connectivity index (χ2v) is 2.68. The first-order valence-corrected chi connectivity index (χ1v) is 3.94. The number of rotatable bonds is 5. The summed E-state index contributed by atoms with van der Waals surface area (Å²) < 4.78 is 63.6. The van der Waals surface area contributed by atoms with Crippen LogP contribution < -0.4 is 0 Å². The van der Waals surface area contributed by atoms with Crippen molar-refractivity contribution >= 4 is 5.97 Å². The fourth-order valence-corrected chi connectivity index (χ4v) is 0.668. The molecule has 0 saturated carbocycles. The van der Waals surface area contributed by atoms with E-state index < -0.39 is 37.5 Å². The quantitative estimate of drug-likeness (QED) is 0.315. The van der Waals surface area contributed by atoms with Crippen molar-refractivity contribution in [2.45, 2.75) is 24.9 Å². The minimum absolute atomic E-state index is 0.490. The third-order valence-electron chi connectivity index (χ3n) is 1.46. The lowest BCUT2D eigenvalue weighted by Gasteiger charge is -2.18. The molecule has 0 fully saturated rings. The number of esters is 1. The zero-order valence-electron chi connectivity index (χ0n) is 7.61. The standard InChI is InChI=1S/C8H9F5O2/c1-2-6(14)15-5-3-4-7(9,10)8(11,12)13/h2H,1,3-5H2. The summed E-state index contributed by atoms with van der Waals surface area (Å²) in [6.07, 6.45) is -6.73. The van der Waals surface area contributed by atoms with E-state index in [1.54, 1.807) is 0 Å². The van der Waals surface area contributed by atoms with Gasteiger partial charge in [-0.1, -0.05) is 6.58 Å². The first-order valence-electron chi connectivity index (χ1n) is 3.94. The molecule has 0 unspecified atom stereocenters. The molecule has 0 N–H and O–H groups in total. The molecule has 0 aliphatic heterocycles. The van der Waals surface area contributed by atoms with Crippen molar-refractivity contribution in [1.82, 2.24) is 0 Å². The molecule has 0 aromatic rings. The van der Waals surface area contributed by atoms with Gasteiger partial charge >= 0.3 is 18.1 Å². The second kappa shape index (κ2) is 5.09. The van der Waals surface area contributed by atoms with Crippen LogP contribution in [0.2, 0.25) is 0 Å². The summed E-state index contributed by atoms with van der Waals surface area (Å²) >= 11 is 0. The lowest BCUT2D eigenvalue weighted by Crippen LogP contribution is -2.36. The van der Waals surface area contributed by atoms with Gasteiger partial charge < -0.3 is 4.74 Å². The highest BCUT2D eigenvalue weighted by Gasteiger charge is 2.56. The van der Waals surface area contributed by atoms with Crippen LogP contribution >= 0.6 is 0 Å². The summed E-state index contributed by atoms with van der Waals surface area (Å²) in [5.74, 6) is -5.60. The molecule has 7 heteroatoms. The van der Waals surface area contributed by atoms with E-state index in [2.05, 4.69) is 11.3 Å². The second-order valence-electron chi connectivity index (χ2n) is 2.68. The van der Waals surface area contributed by atoms with Gasteiger partial charge in [-0.3, -0.25) is 0 Å². The predicted octanol–water partition coefficient (Wildman–Crippen LogP) is 2.69. The normalized spacial score (nSPS) is 12.3. The molecule has 0 spiro atoms. The van der Waals surface area contributed by atoms with Crippen LogP contribution in [0.25, 0.3) is 0 Å². The van der Waals surface area contributed by atoms with Gasteiger partial charge in [0.1, 0.15) is 0 Å². The number of halogens is 5. The lowest BCUT2D eigenvalue weighted by atomic mass is 10.2. The summed E-state index contributed by atoms with van der Waals surface area (Å²) in [6.45, 7) is 2.54. The monoisotopic (exact) mass is 232 g/mol. The summed E-state index contributed by atoms with van der Waals surface area (Å²) in [5.41, 5.74) is 0. The van der Waals surface area contributed by atoms with Crippen molar-refractivity contribution in [2.24, 2.45) is 0 Å². The highest BCUT2D eigenvalue weighted by molar-refractivity contribution is 5.81. The fraction of sp³-hybridized carbons (Fsp3) is 0.625. The van der Waals surface area contributed by atoms with Crippen molar-refractivity contribution in [3.8, 4) is 0 Å². The van der Waals surface area contributed by atoms with Crippen molar-refractivity contribution in [3.05, 3.63) is 12.7 Å². The zero-order valence-corrected chi connectivity index (χ0v) is 7.61. The van der Waals surface area contributed by atoms with Gasteiger partial charge in [0.15, 0.2) is 0 Å². The van der Waals surface area contributed by atoms with Crippen LogP contribution in [0.5, 0.6) is 0 Å². The smallest absolute Gasteiger partial charge is 0.453 e. The van der Waals surface area contributed by atoms with Crippen molar-refractivity contribution in [2.75, 3.05) is 6.61 Å². The van der Waals surface area contributed by atoms with E-state index in [9.17, 15) is 26.7 Å². The average Bonchev–Trinajstić information content (AvgIpc) is 2.10. The molecule has 0 aromatic carbocycles. The highest BCUT2D eigenvalue weighted by atomic mass is 19.4. The summed E-state index contributed by atoms with van der Waals surface area (Å²) in [4.78, 5) is 10.4. The predicted molar refractivity (Wildman–Crippen MR) is 41.4 cm³/mol. The topological polar surface area (TPSA) is 26.3 Å². The number of hydrogen-bond acceptors (Lipinski definition) is 2. The molecule has 0 aliphatic carbocycles. The maximum Gasteiger partial charge on any atom is 0.453 e. The largest absolute Gasteiger partial charge is 0.463 e. The Hall–Kier alpha value is -1.14. The van der Waals surface area contributed by atoms with Gasteiger partial charge in [-0.05, 0) is 6.42 Å². The maximum absolute atomic E-state index is 12.3. The molecule has 0 aliphatic rings. The number of ether oxygens (including phenoxy) is 1. The fourth-order valence-electron chi connectivity index (χ4n) is 0.668. The Morgan fingerprint density at radius 3 is 2.20 bits per heavy atom. The number of alkyl halides is 5. The molecule has 0 amide bonds. The van der Waals surface area contributed by atoms with Gasteiger partial charge in [-0.15, -0.1) is 0 Å². The molecule has 0 atom stereocenters. The Balaban J connectivity index is 3.86. The highest BCUT2D eigenvalue weighted by Crippen LogP contribution is 2.38. The van der Waals surface area contributed by atoms with Crippen LogP contribution in [0.3, 0.4) is 0 Å². The minimum atomic E-state index is -5.56. The summed E-state index contributed by atoms with van der Waals surface area (Å²) in [7, 11) is 0. The van der Waals surface area contributed by atoms with Gasteiger partial charge in [0, 0.05) is 12.5 Å². The average molecular weight is 232 g/mol. The van der Waals surface area contributed by atoms with E-state index in [4.69, 9.17) is 0 Å². The molecule has 0 rings (SSSR count). The van der Waals surface area contributed by atoms with E-state index in [1.807, 2.05) is 0 Å². The Kier molecular flexibility index (Phi) is 4.70. The third-order valence-corrected chi connectivity index (χ3v) is 1.46. The Labute approximate surface area is 82.7 Å². The molecule has 2 nitrogen and oxygen atoms in total. The SMILES string of the molecule is C=CC(=O)OCCCC(F)(F)C(F)(F)F. The van der Waals surface area contributed by atoms with Gasteiger partial charge in [-0.25, -0.2) is 4.79 Å². The molecular formula is C8H9F5O2. The van der Waals surface area contributed by atoms with Crippen LogP contribution in [0.1, 0.15) is 12.8 Å². The molecule has 0 radical (unpaired) electrons. The van der Waals surface area contributed by atoms with E-state index in [-0.39, 0.29) is 0 Å². The molecule has 88 valence electrons. The third kappa shape index (κ3) is 4.75. The van der Waals surface area contributed by atoms with Crippen molar-refractivity contribution in [1.29, 1.82) is 0 Å². The van der Waals surface area contributed by atoms with Gasteiger partial charge in [0.05, 0.1) is 6.61 Å². The summed E-state index contributed by atoms with van der Waals surface area (Å²) in [5, 5.41) is 0. The molecule has 15 heavy (non-hydrogen) atoms. The minimum Gasteiger partial charge on any atom is -0.463 e. The van der Waals surface area contributed by atoms with E-state index >= 15 is 0 Å². The molecule has 0 heterocycles. The molecule has 0 aromatic heterocycles. The van der Waals surface area contributed by atoms with Crippen molar-refractivity contribution < 1.29 is 31.5 Å². The first-order chi connectivity index (χ1) is 6.70. The first kappa shape index (κ1) is 13.9. The van der Waals surface area contributed by atoms with Crippen LogP contribution in [0, 0.1) is 0 Å². The zero-order chi connectivity index (χ0) is 12.1.